The Morgan fingerprint density at radius 1 is 1.09 bits per heavy atom. The standard InChI is InChI=1S/C18H28O3Si/c1-13-7-6-8-17(14(13)2)20-21-18(19)15-9-11-16(12-10-15)22(3,4)5/h9-14,17H,6-8H2,1-5H3. The lowest BCUT2D eigenvalue weighted by Crippen LogP contribution is -2.37. The maximum Gasteiger partial charge on any atom is 0.373 e. The van der Waals surface area contributed by atoms with Crippen molar-refractivity contribution in [2.75, 3.05) is 0 Å². The molecule has 1 saturated carbocycles. The minimum absolute atomic E-state index is 0.0222. The highest BCUT2D eigenvalue weighted by molar-refractivity contribution is 6.88. The third-order valence-electron chi connectivity index (χ3n) is 4.87. The molecule has 0 aromatic heterocycles. The summed E-state index contributed by atoms with van der Waals surface area (Å²) in [5.74, 6) is 0.650. The van der Waals surface area contributed by atoms with Gasteiger partial charge in [0.2, 0.25) is 0 Å². The van der Waals surface area contributed by atoms with Gasteiger partial charge in [-0.05, 0) is 30.4 Å². The Labute approximate surface area is 135 Å². The first-order valence-electron chi connectivity index (χ1n) is 8.27. The molecular weight excluding hydrogens is 292 g/mol. The minimum Gasteiger partial charge on any atom is -0.293 e. The highest BCUT2D eigenvalue weighted by Gasteiger charge is 2.29. The van der Waals surface area contributed by atoms with Gasteiger partial charge in [-0.1, -0.05) is 63.6 Å². The van der Waals surface area contributed by atoms with Crippen LogP contribution in [0.3, 0.4) is 0 Å². The summed E-state index contributed by atoms with van der Waals surface area (Å²) in [6.07, 6.45) is 3.35. The van der Waals surface area contributed by atoms with Gasteiger partial charge >= 0.3 is 5.97 Å². The summed E-state index contributed by atoms with van der Waals surface area (Å²) in [4.78, 5) is 22.6. The van der Waals surface area contributed by atoms with Crippen molar-refractivity contribution in [1.29, 1.82) is 0 Å². The van der Waals surface area contributed by atoms with E-state index in [0.717, 1.165) is 12.8 Å². The molecule has 3 unspecified atom stereocenters. The summed E-state index contributed by atoms with van der Waals surface area (Å²) in [6.45, 7) is 11.3. The molecule has 1 fully saturated rings. The summed E-state index contributed by atoms with van der Waals surface area (Å²) < 4.78 is 0. The smallest absolute Gasteiger partial charge is 0.293 e. The van der Waals surface area contributed by atoms with E-state index in [1.165, 1.54) is 11.6 Å². The van der Waals surface area contributed by atoms with Crippen molar-refractivity contribution >= 4 is 19.2 Å². The number of carbonyl (C=O) groups is 1. The average molecular weight is 321 g/mol. The summed E-state index contributed by atoms with van der Waals surface area (Å²) in [5, 5.41) is 1.33. The Bertz CT molecular complexity index is 504. The molecular formula is C18H28O3Si. The van der Waals surface area contributed by atoms with E-state index in [1.807, 2.05) is 24.3 Å². The van der Waals surface area contributed by atoms with E-state index in [2.05, 4.69) is 33.5 Å². The minimum atomic E-state index is -1.34. The van der Waals surface area contributed by atoms with E-state index in [0.29, 0.717) is 17.4 Å². The lowest BCUT2D eigenvalue weighted by atomic mass is 9.80. The van der Waals surface area contributed by atoms with Crippen molar-refractivity contribution in [2.45, 2.75) is 58.9 Å². The van der Waals surface area contributed by atoms with Crippen LogP contribution in [0.5, 0.6) is 0 Å². The van der Waals surface area contributed by atoms with Crippen LogP contribution in [0.2, 0.25) is 19.6 Å². The number of rotatable bonds is 4. The van der Waals surface area contributed by atoms with Crippen LogP contribution in [0.1, 0.15) is 43.5 Å². The maximum atomic E-state index is 12.1. The summed E-state index contributed by atoms with van der Waals surface area (Å²) in [7, 11) is -1.34. The lowest BCUT2D eigenvalue weighted by Gasteiger charge is -2.32. The predicted octanol–water partition coefficient (Wildman–Crippen LogP) is 4.14. The van der Waals surface area contributed by atoms with Gasteiger partial charge in [-0.15, -0.1) is 0 Å². The van der Waals surface area contributed by atoms with Gasteiger partial charge in [-0.25, -0.2) is 4.79 Å². The molecule has 2 rings (SSSR count). The van der Waals surface area contributed by atoms with Gasteiger partial charge in [0.1, 0.15) is 6.10 Å². The molecule has 22 heavy (non-hydrogen) atoms. The molecule has 4 heteroatoms. The van der Waals surface area contributed by atoms with Crippen LogP contribution in [-0.2, 0) is 9.78 Å². The monoisotopic (exact) mass is 320 g/mol. The molecule has 1 aliphatic carbocycles. The van der Waals surface area contributed by atoms with E-state index >= 15 is 0 Å². The molecule has 1 aromatic rings. The lowest BCUT2D eigenvalue weighted by molar-refractivity contribution is -0.292. The fourth-order valence-electron chi connectivity index (χ4n) is 2.93. The van der Waals surface area contributed by atoms with Crippen molar-refractivity contribution in [3.8, 4) is 0 Å². The summed E-state index contributed by atoms with van der Waals surface area (Å²) in [6, 6.07) is 7.75. The summed E-state index contributed by atoms with van der Waals surface area (Å²) in [5.41, 5.74) is 0.554. The van der Waals surface area contributed by atoms with Crippen LogP contribution >= 0.6 is 0 Å². The van der Waals surface area contributed by atoms with E-state index < -0.39 is 14.0 Å². The molecule has 0 N–H and O–H groups in total. The van der Waals surface area contributed by atoms with Gasteiger partial charge < -0.3 is 0 Å². The van der Waals surface area contributed by atoms with E-state index in [1.54, 1.807) is 0 Å². The second-order valence-electron chi connectivity index (χ2n) is 7.60. The largest absolute Gasteiger partial charge is 0.373 e. The molecule has 0 heterocycles. The Hall–Kier alpha value is -1.13. The molecule has 0 bridgehead atoms. The summed E-state index contributed by atoms with van der Waals surface area (Å²) >= 11 is 0. The van der Waals surface area contributed by atoms with Crippen LogP contribution in [0.4, 0.5) is 0 Å². The average Bonchev–Trinajstić information content (AvgIpc) is 2.48. The van der Waals surface area contributed by atoms with Crippen LogP contribution in [0, 0.1) is 11.8 Å². The maximum absolute atomic E-state index is 12.1. The molecule has 3 nitrogen and oxygen atoms in total. The van der Waals surface area contributed by atoms with Gasteiger partial charge in [0.05, 0.1) is 13.6 Å². The molecule has 0 spiro atoms. The molecule has 0 amide bonds. The molecule has 0 saturated heterocycles. The Balaban J connectivity index is 1.92. The third-order valence-corrected chi connectivity index (χ3v) is 6.93. The van der Waals surface area contributed by atoms with Gasteiger partial charge in [0.15, 0.2) is 0 Å². The first-order valence-corrected chi connectivity index (χ1v) is 11.8. The Morgan fingerprint density at radius 3 is 2.32 bits per heavy atom. The van der Waals surface area contributed by atoms with Crippen LogP contribution in [0.15, 0.2) is 24.3 Å². The van der Waals surface area contributed by atoms with Crippen molar-refractivity contribution < 1.29 is 14.6 Å². The van der Waals surface area contributed by atoms with Gasteiger partial charge in [0, 0.05) is 0 Å². The van der Waals surface area contributed by atoms with Crippen molar-refractivity contribution in [3.63, 3.8) is 0 Å². The highest BCUT2D eigenvalue weighted by atomic mass is 28.3. The van der Waals surface area contributed by atoms with E-state index in [9.17, 15) is 4.79 Å². The Morgan fingerprint density at radius 2 is 1.73 bits per heavy atom. The number of hydrogen-bond donors (Lipinski definition) is 0. The molecule has 0 radical (unpaired) electrons. The Kier molecular flexibility index (Phi) is 5.45. The second-order valence-corrected chi connectivity index (χ2v) is 12.7. The zero-order valence-corrected chi connectivity index (χ0v) is 15.4. The molecule has 1 aromatic carbocycles. The molecule has 122 valence electrons. The van der Waals surface area contributed by atoms with Crippen LogP contribution in [0.25, 0.3) is 0 Å². The quantitative estimate of drug-likeness (QED) is 0.475. The first kappa shape index (κ1) is 17.2. The fourth-order valence-corrected chi connectivity index (χ4v) is 4.10. The SMILES string of the molecule is CC1CCCC(OOC(=O)c2ccc([Si](C)(C)C)cc2)C1C. The number of carbonyl (C=O) groups excluding carboxylic acids is 1. The van der Waals surface area contributed by atoms with Gasteiger partial charge in [-0.3, -0.25) is 4.89 Å². The normalized spacial score (nSPS) is 25.8. The number of hydrogen-bond acceptors (Lipinski definition) is 3. The third kappa shape index (κ3) is 4.20. The topological polar surface area (TPSA) is 35.5 Å². The predicted molar refractivity (Wildman–Crippen MR) is 91.9 cm³/mol. The second kappa shape index (κ2) is 6.96. The van der Waals surface area contributed by atoms with Crippen LogP contribution < -0.4 is 5.19 Å². The molecule has 0 aliphatic heterocycles. The van der Waals surface area contributed by atoms with E-state index in [4.69, 9.17) is 9.78 Å². The van der Waals surface area contributed by atoms with Crippen molar-refractivity contribution in [1.82, 2.24) is 0 Å². The van der Waals surface area contributed by atoms with Crippen molar-refractivity contribution in [2.24, 2.45) is 11.8 Å². The van der Waals surface area contributed by atoms with Gasteiger partial charge in [-0.2, -0.15) is 4.89 Å². The first-order chi connectivity index (χ1) is 10.3. The molecule has 1 aliphatic rings. The number of benzene rings is 1. The zero-order chi connectivity index (χ0) is 16.3. The van der Waals surface area contributed by atoms with Gasteiger partial charge in [0.25, 0.3) is 0 Å². The fraction of sp³-hybridized carbons (Fsp3) is 0.611. The zero-order valence-electron chi connectivity index (χ0n) is 14.4. The van der Waals surface area contributed by atoms with Crippen molar-refractivity contribution in [3.05, 3.63) is 29.8 Å². The molecule has 3 atom stereocenters. The van der Waals surface area contributed by atoms with Crippen LogP contribution in [-0.4, -0.2) is 20.1 Å². The highest BCUT2D eigenvalue weighted by Crippen LogP contribution is 2.31. The van der Waals surface area contributed by atoms with E-state index in [-0.39, 0.29) is 6.10 Å².